The average Bonchev–Trinajstić information content (AvgIpc) is 3.63. The second-order valence-electron chi connectivity index (χ2n) is 12.9. The lowest BCUT2D eigenvalue weighted by Crippen LogP contribution is -2.52. The molecule has 2 aliphatic carbocycles. The van der Waals surface area contributed by atoms with Crippen molar-refractivity contribution in [3.8, 4) is 0 Å². The molecular weight excluding hydrogens is 498 g/mol. The van der Waals surface area contributed by atoms with E-state index in [0.717, 1.165) is 69.7 Å². The molecule has 0 radical (unpaired) electrons. The number of carbonyl (C=O) groups excluding carboxylic acids is 1. The quantitative estimate of drug-likeness (QED) is 0.388. The number of epoxide rings is 1. The van der Waals surface area contributed by atoms with Crippen LogP contribution in [0.4, 0.5) is 8.78 Å². The number of hydrogen-bond donors (Lipinski definition) is 0. The van der Waals surface area contributed by atoms with Gasteiger partial charge < -0.3 is 9.47 Å². The number of fused-ring (bicyclic) bond motifs is 3. The molecule has 0 N–H and O–H groups in total. The Labute approximate surface area is 229 Å². The molecule has 5 nitrogen and oxygen atoms in total. The van der Waals surface area contributed by atoms with Crippen molar-refractivity contribution in [1.29, 1.82) is 0 Å². The Hall–Kier alpha value is -2.35. The number of hydrogen-bond acceptors (Lipinski definition) is 5. The summed E-state index contributed by atoms with van der Waals surface area (Å²) in [5.74, 6) is 0.182. The highest BCUT2D eigenvalue weighted by Crippen LogP contribution is 2.62. The molecule has 7 heteroatoms. The molecular formula is C32H38F2N2O3. The van der Waals surface area contributed by atoms with Crippen molar-refractivity contribution in [2.75, 3.05) is 39.3 Å². The van der Waals surface area contributed by atoms with Crippen LogP contribution in [0.2, 0.25) is 0 Å². The topological polar surface area (TPSA) is 45.3 Å². The summed E-state index contributed by atoms with van der Waals surface area (Å²) < 4.78 is 39.5. The smallest absolute Gasteiger partial charge is 0.310 e. The molecule has 2 aromatic rings. The number of nitrogens with zero attached hydrogens (tertiary/aromatic N) is 2. The first-order chi connectivity index (χ1) is 18.8. The van der Waals surface area contributed by atoms with E-state index in [1.807, 2.05) is 24.3 Å². The normalized spacial score (nSPS) is 36.6. The van der Waals surface area contributed by atoms with Crippen LogP contribution in [-0.4, -0.2) is 66.8 Å². The van der Waals surface area contributed by atoms with Crippen LogP contribution in [0.25, 0.3) is 0 Å². The molecule has 2 saturated carbocycles. The predicted molar refractivity (Wildman–Crippen MR) is 143 cm³/mol. The molecule has 3 heterocycles. The van der Waals surface area contributed by atoms with Crippen molar-refractivity contribution in [3.63, 3.8) is 0 Å². The zero-order valence-electron chi connectivity index (χ0n) is 22.7. The molecule has 39 heavy (non-hydrogen) atoms. The van der Waals surface area contributed by atoms with Gasteiger partial charge in [0.25, 0.3) is 0 Å². The fourth-order valence-electron chi connectivity index (χ4n) is 8.55. The molecule has 5 fully saturated rings. The highest BCUT2D eigenvalue weighted by Gasteiger charge is 2.65. The van der Waals surface area contributed by atoms with Crippen molar-refractivity contribution in [3.05, 3.63) is 71.3 Å². The van der Waals surface area contributed by atoms with Crippen LogP contribution in [0.15, 0.2) is 48.5 Å². The Bertz CT molecular complexity index is 1160. The fourth-order valence-corrected chi connectivity index (χ4v) is 8.55. The first-order valence-electron chi connectivity index (χ1n) is 14.7. The lowest BCUT2D eigenvalue weighted by molar-refractivity contribution is -0.147. The molecule has 2 aromatic carbocycles. The van der Waals surface area contributed by atoms with Gasteiger partial charge in [0.2, 0.25) is 0 Å². The Balaban J connectivity index is 1.04. The number of rotatable bonds is 5. The van der Waals surface area contributed by atoms with E-state index < -0.39 is 0 Å². The first kappa shape index (κ1) is 25.6. The number of esters is 1. The van der Waals surface area contributed by atoms with Crippen molar-refractivity contribution in [2.24, 2.45) is 23.2 Å². The van der Waals surface area contributed by atoms with E-state index in [1.165, 1.54) is 37.1 Å². The van der Waals surface area contributed by atoms with Gasteiger partial charge in [0.1, 0.15) is 17.7 Å². The molecule has 7 rings (SSSR count). The minimum absolute atomic E-state index is 0.0176. The fraction of sp³-hybridized carbons (Fsp3) is 0.594. The minimum atomic E-state index is -0.265. The van der Waals surface area contributed by atoms with E-state index in [2.05, 4.69) is 16.7 Å². The average molecular weight is 537 g/mol. The first-order valence-corrected chi connectivity index (χ1v) is 14.7. The van der Waals surface area contributed by atoms with Crippen molar-refractivity contribution in [2.45, 2.75) is 56.8 Å². The van der Waals surface area contributed by atoms with Gasteiger partial charge in [-0.15, -0.1) is 0 Å². The summed E-state index contributed by atoms with van der Waals surface area (Å²) in [6.45, 7) is 7.33. The third-order valence-corrected chi connectivity index (χ3v) is 10.7. The maximum atomic E-state index is 13.7. The largest absolute Gasteiger partial charge is 0.462 e. The predicted octanol–water partition coefficient (Wildman–Crippen LogP) is 5.20. The monoisotopic (exact) mass is 536 g/mol. The number of piperazine rings is 1. The second-order valence-corrected chi connectivity index (χ2v) is 12.9. The van der Waals surface area contributed by atoms with E-state index >= 15 is 0 Å². The van der Waals surface area contributed by atoms with Crippen molar-refractivity contribution in [1.82, 2.24) is 9.80 Å². The Morgan fingerprint density at radius 3 is 2.15 bits per heavy atom. The molecule has 5 aliphatic rings. The SMILES string of the molecule is C[C@]12CCC[C@]3(CO3)[C@@H]1C[C@H]1[C@H](CN3CCN(C(c4ccc(F)cc4)c4ccc(F)cc4)CC3)C(=O)O[C@@H]1C2. The molecule has 208 valence electrons. The Morgan fingerprint density at radius 1 is 0.949 bits per heavy atom. The van der Waals surface area contributed by atoms with E-state index in [4.69, 9.17) is 9.47 Å². The van der Waals surface area contributed by atoms with Gasteiger partial charge in [0, 0.05) is 38.6 Å². The summed E-state index contributed by atoms with van der Waals surface area (Å²) in [5.41, 5.74) is 2.27. The summed E-state index contributed by atoms with van der Waals surface area (Å²) in [7, 11) is 0. The maximum absolute atomic E-state index is 13.7. The van der Waals surface area contributed by atoms with Crippen LogP contribution in [0.3, 0.4) is 0 Å². The molecule has 0 unspecified atom stereocenters. The van der Waals surface area contributed by atoms with Crippen LogP contribution in [0.5, 0.6) is 0 Å². The van der Waals surface area contributed by atoms with Crippen molar-refractivity contribution < 1.29 is 23.0 Å². The van der Waals surface area contributed by atoms with Gasteiger partial charge in [0.05, 0.1) is 24.2 Å². The van der Waals surface area contributed by atoms with Crippen molar-refractivity contribution >= 4 is 5.97 Å². The van der Waals surface area contributed by atoms with Crippen LogP contribution in [0, 0.1) is 34.8 Å². The van der Waals surface area contributed by atoms with Crippen LogP contribution in [0.1, 0.15) is 56.2 Å². The zero-order chi connectivity index (χ0) is 26.8. The number of halogens is 2. The van der Waals surface area contributed by atoms with Crippen LogP contribution < -0.4 is 0 Å². The van der Waals surface area contributed by atoms with E-state index in [1.54, 1.807) is 0 Å². The lowest BCUT2D eigenvalue weighted by atomic mass is 9.53. The third kappa shape index (κ3) is 4.60. The maximum Gasteiger partial charge on any atom is 0.310 e. The molecule has 3 aliphatic heterocycles. The second kappa shape index (κ2) is 9.64. The lowest BCUT2D eigenvalue weighted by Gasteiger charge is -2.51. The molecule has 3 saturated heterocycles. The van der Waals surface area contributed by atoms with Gasteiger partial charge in [0.15, 0.2) is 0 Å². The molecule has 6 atom stereocenters. The van der Waals surface area contributed by atoms with Gasteiger partial charge in [-0.2, -0.15) is 0 Å². The van der Waals surface area contributed by atoms with Gasteiger partial charge in [-0.3, -0.25) is 14.6 Å². The van der Waals surface area contributed by atoms with Gasteiger partial charge in [-0.05, 0) is 78.8 Å². The van der Waals surface area contributed by atoms with Gasteiger partial charge >= 0.3 is 5.97 Å². The van der Waals surface area contributed by atoms with E-state index in [0.29, 0.717) is 5.92 Å². The van der Waals surface area contributed by atoms with E-state index in [9.17, 15) is 13.6 Å². The Morgan fingerprint density at radius 2 is 1.56 bits per heavy atom. The molecule has 0 aromatic heterocycles. The highest BCUT2D eigenvalue weighted by atomic mass is 19.1. The number of benzene rings is 2. The van der Waals surface area contributed by atoms with Crippen LogP contribution >= 0.6 is 0 Å². The number of ether oxygens (including phenoxy) is 2. The molecule has 1 spiro atoms. The highest BCUT2D eigenvalue weighted by molar-refractivity contribution is 5.75. The Kier molecular flexibility index (Phi) is 6.33. The van der Waals surface area contributed by atoms with Gasteiger partial charge in [-0.25, -0.2) is 8.78 Å². The molecule has 0 amide bonds. The third-order valence-electron chi connectivity index (χ3n) is 10.7. The summed E-state index contributed by atoms with van der Waals surface area (Å²) in [6, 6.07) is 13.2. The summed E-state index contributed by atoms with van der Waals surface area (Å²) >= 11 is 0. The summed E-state index contributed by atoms with van der Waals surface area (Å²) in [4.78, 5) is 17.9. The number of carbonyl (C=O) groups is 1. The molecule has 0 bridgehead atoms. The standard InChI is InChI=1S/C32H38F2N2O3/c1-31-11-2-12-32(20-38-32)28(31)17-25-26(30(37)39-27(25)18-31)19-35-13-15-36(16-14-35)29(21-3-7-23(33)8-4-21)22-5-9-24(34)10-6-22/h3-10,25-29H,2,11-20H2,1H3/t25-,26-,27+,28+,31+,32-/m0/s1. The van der Waals surface area contributed by atoms with E-state index in [-0.39, 0.29) is 52.6 Å². The summed E-state index contributed by atoms with van der Waals surface area (Å²) in [6.07, 6.45) is 5.63. The summed E-state index contributed by atoms with van der Waals surface area (Å²) in [5, 5.41) is 0. The minimum Gasteiger partial charge on any atom is -0.462 e. The zero-order valence-corrected chi connectivity index (χ0v) is 22.7. The van der Waals surface area contributed by atoms with Gasteiger partial charge in [-0.1, -0.05) is 31.2 Å². The van der Waals surface area contributed by atoms with Crippen LogP contribution in [-0.2, 0) is 14.3 Å².